The van der Waals surface area contributed by atoms with Gasteiger partial charge in [-0.05, 0) is 114 Å². The summed E-state index contributed by atoms with van der Waals surface area (Å²) >= 11 is 0. The van der Waals surface area contributed by atoms with Gasteiger partial charge in [0, 0.05) is 60.9 Å². The maximum atomic E-state index is 2.42. The summed E-state index contributed by atoms with van der Waals surface area (Å²) in [6.07, 6.45) is 4.50. The van der Waals surface area contributed by atoms with Gasteiger partial charge in [-0.25, -0.2) is 0 Å². The molecule has 11 aromatic rings. The van der Waals surface area contributed by atoms with Crippen LogP contribution < -0.4 is 4.90 Å². The molecule has 9 aromatic carbocycles. The average molecular weight is 848 g/mol. The van der Waals surface area contributed by atoms with E-state index >= 15 is 0 Å². The number of hydrogen-bond acceptors (Lipinski definition) is 1. The maximum Gasteiger partial charge on any atom is 0.0541 e. The van der Waals surface area contributed by atoms with Crippen LogP contribution in [0.1, 0.15) is 44.4 Å². The summed E-state index contributed by atoms with van der Waals surface area (Å²) in [5, 5.41) is 5.04. The SMILES string of the molecule is C/C=C(\C(=C/C)n1c2ccccc2c2ccccc21)c1ccc(N(c2ccc(-c3ccccc3-n3c4ccccc4c4ccccc43)cc2)c2ccc3c(c2)C(C)(C)c2ccccc2-3)cc1. The largest absolute Gasteiger partial charge is 0.310 e. The van der Waals surface area contributed by atoms with Crippen LogP contribution in [0.2, 0.25) is 0 Å². The van der Waals surface area contributed by atoms with Crippen molar-refractivity contribution >= 4 is 71.9 Å². The molecule has 316 valence electrons. The minimum Gasteiger partial charge on any atom is -0.310 e. The van der Waals surface area contributed by atoms with E-state index < -0.39 is 0 Å². The molecule has 1 aliphatic carbocycles. The normalized spacial score (nSPS) is 13.5. The van der Waals surface area contributed by atoms with Gasteiger partial charge in [-0.1, -0.05) is 172 Å². The first-order valence-corrected chi connectivity index (χ1v) is 23.1. The molecule has 0 bridgehead atoms. The number of allylic oxidation sites excluding steroid dienone is 4. The minimum atomic E-state index is -0.131. The molecule has 0 N–H and O–H groups in total. The van der Waals surface area contributed by atoms with E-state index in [-0.39, 0.29) is 5.41 Å². The molecular formula is C63H49N3. The van der Waals surface area contributed by atoms with E-state index in [1.54, 1.807) is 0 Å². The van der Waals surface area contributed by atoms with Gasteiger partial charge in [-0.15, -0.1) is 0 Å². The molecule has 2 aromatic heterocycles. The highest BCUT2D eigenvalue weighted by atomic mass is 15.1. The van der Waals surface area contributed by atoms with E-state index in [9.17, 15) is 0 Å². The van der Waals surface area contributed by atoms with Gasteiger partial charge in [0.2, 0.25) is 0 Å². The summed E-state index contributed by atoms with van der Waals surface area (Å²) < 4.78 is 4.84. The molecule has 2 heterocycles. The second-order valence-corrected chi connectivity index (χ2v) is 18.0. The Hall–Kier alpha value is -8.14. The number of para-hydroxylation sites is 5. The third kappa shape index (κ3) is 6.04. The fourth-order valence-electron chi connectivity index (χ4n) is 11.0. The van der Waals surface area contributed by atoms with Gasteiger partial charge in [-0.2, -0.15) is 0 Å². The standard InChI is InChI=1S/C63H49N3/c1-5-47(57(6-2)65-59-27-15-9-21-51(59)52-22-10-16-28-60(52)65)42-31-35-44(36-32-42)64(46-39-40-50-49-20-7-13-25-55(49)63(3,4)56(50)41-46)45-37-33-43(34-38-45)48-19-8-14-26-58(48)66-61-29-17-11-23-53(61)54-24-12-18-30-62(54)66/h5-41H,1-4H3/b47-5-,57-6+. The summed E-state index contributed by atoms with van der Waals surface area (Å²) in [6, 6.07) is 78.0. The lowest BCUT2D eigenvalue weighted by Gasteiger charge is -2.28. The maximum absolute atomic E-state index is 2.42. The fraction of sp³-hybridized carbons (Fsp3) is 0.0794. The van der Waals surface area contributed by atoms with Crippen molar-refractivity contribution < 1.29 is 0 Å². The van der Waals surface area contributed by atoms with E-state index in [4.69, 9.17) is 0 Å². The van der Waals surface area contributed by atoms with E-state index in [1.807, 2.05) is 0 Å². The molecule has 0 spiro atoms. The van der Waals surface area contributed by atoms with Gasteiger partial charge in [0.1, 0.15) is 0 Å². The smallest absolute Gasteiger partial charge is 0.0541 e. The Morgan fingerprint density at radius 2 is 0.894 bits per heavy atom. The Morgan fingerprint density at radius 1 is 0.424 bits per heavy atom. The van der Waals surface area contributed by atoms with Gasteiger partial charge in [0.05, 0.1) is 27.8 Å². The van der Waals surface area contributed by atoms with Crippen LogP contribution in [0.4, 0.5) is 17.1 Å². The molecule has 0 fully saturated rings. The molecule has 0 saturated carbocycles. The van der Waals surface area contributed by atoms with E-state index in [2.05, 4.69) is 266 Å². The van der Waals surface area contributed by atoms with Crippen molar-refractivity contribution in [2.24, 2.45) is 0 Å². The number of rotatable bonds is 8. The van der Waals surface area contributed by atoms with Crippen molar-refractivity contribution in [3.63, 3.8) is 0 Å². The Bertz CT molecular complexity index is 3630. The van der Waals surface area contributed by atoms with Crippen molar-refractivity contribution in [1.82, 2.24) is 9.13 Å². The Morgan fingerprint density at radius 3 is 1.48 bits per heavy atom. The monoisotopic (exact) mass is 847 g/mol. The number of aromatic nitrogens is 2. The highest BCUT2D eigenvalue weighted by Crippen LogP contribution is 2.51. The molecule has 66 heavy (non-hydrogen) atoms. The predicted octanol–water partition coefficient (Wildman–Crippen LogP) is 17.3. The van der Waals surface area contributed by atoms with Crippen LogP contribution in [-0.4, -0.2) is 9.13 Å². The fourth-order valence-corrected chi connectivity index (χ4v) is 11.0. The molecule has 1 aliphatic rings. The van der Waals surface area contributed by atoms with Crippen LogP contribution in [0.15, 0.2) is 224 Å². The molecule has 0 atom stereocenters. The minimum absolute atomic E-state index is 0.131. The summed E-state index contributed by atoms with van der Waals surface area (Å²) in [5.74, 6) is 0. The van der Waals surface area contributed by atoms with Gasteiger partial charge in [0.15, 0.2) is 0 Å². The van der Waals surface area contributed by atoms with Crippen LogP contribution in [0.5, 0.6) is 0 Å². The molecule has 0 aliphatic heterocycles. The molecule has 0 saturated heterocycles. The quantitative estimate of drug-likeness (QED) is 0.139. The average Bonchev–Trinajstić information content (AvgIpc) is 3.97. The zero-order valence-electron chi connectivity index (χ0n) is 37.7. The van der Waals surface area contributed by atoms with Crippen molar-refractivity contribution in [1.29, 1.82) is 0 Å². The number of benzene rings is 9. The molecule has 0 amide bonds. The molecule has 3 nitrogen and oxygen atoms in total. The van der Waals surface area contributed by atoms with E-state index in [0.29, 0.717) is 0 Å². The van der Waals surface area contributed by atoms with Crippen LogP contribution in [0, 0.1) is 0 Å². The zero-order chi connectivity index (χ0) is 44.5. The summed E-state index contributed by atoms with van der Waals surface area (Å²) in [6.45, 7) is 9.02. The lowest BCUT2D eigenvalue weighted by molar-refractivity contribution is 0.660. The van der Waals surface area contributed by atoms with Gasteiger partial charge in [-0.3, -0.25) is 0 Å². The van der Waals surface area contributed by atoms with Crippen LogP contribution in [-0.2, 0) is 5.41 Å². The van der Waals surface area contributed by atoms with E-state index in [1.165, 1.54) is 88.1 Å². The van der Waals surface area contributed by atoms with Gasteiger partial charge < -0.3 is 14.0 Å². The summed E-state index contributed by atoms with van der Waals surface area (Å²) in [7, 11) is 0. The van der Waals surface area contributed by atoms with Crippen molar-refractivity contribution in [3.05, 3.63) is 241 Å². The number of nitrogens with zero attached hydrogens (tertiary/aromatic N) is 3. The summed E-state index contributed by atoms with van der Waals surface area (Å²) in [5.41, 5.74) is 20.4. The van der Waals surface area contributed by atoms with Crippen molar-refractivity contribution in [2.75, 3.05) is 4.90 Å². The third-order valence-corrected chi connectivity index (χ3v) is 14.1. The zero-order valence-corrected chi connectivity index (χ0v) is 37.7. The topological polar surface area (TPSA) is 13.1 Å². The molecule has 0 radical (unpaired) electrons. The predicted molar refractivity (Wildman–Crippen MR) is 282 cm³/mol. The Balaban J connectivity index is 0.969. The highest BCUT2D eigenvalue weighted by Gasteiger charge is 2.36. The Labute approximate surface area is 386 Å². The van der Waals surface area contributed by atoms with Crippen molar-refractivity contribution in [3.8, 4) is 27.9 Å². The lowest BCUT2D eigenvalue weighted by Crippen LogP contribution is -2.16. The lowest BCUT2D eigenvalue weighted by atomic mass is 9.82. The van der Waals surface area contributed by atoms with Crippen molar-refractivity contribution in [2.45, 2.75) is 33.1 Å². The number of anilines is 3. The molecule has 3 heteroatoms. The second kappa shape index (κ2) is 15.5. The first-order chi connectivity index (χ1) is 32.4. The van der Waals surface area contributed by atoms with Crippen LogP contribution in [0.3, 0.4) is 0 Å². The third-order valence-electron chi connectivity index (χ3n) is 14.1. The summed E-state index contributed by atoms with van der Waals surface area (Å²) in [4.78, 5) is 2.42. The molecule has 0 unspecified atom stereocenters. The Kier molecular flexibility index (Phi) is 9.29. The van der Waals surface area contributed by atoms with E-state index in [0.717, 1.165) is 28.4 Å². The van der Waals surface area contributed by atoms with Gasteiger partial charge >= 0.3 is 0 Å². The number of hydrogen-bond donors (Lipinski definition) is 0. The second-order valence-electron chi connectivity index (χ2n) is 18.0. The van der Waals surface area contributed by atoms with Crippen LogP contribution >= 0.6 is 0 Å². The first-order valence-electron chi connectivity index (χ1n) is 23.1. The number of fused-ring (bicyclic) bond motifs is 9. The highest BCUT2D eigenvalue weighted by molar-refractivity contribution is 6.14. The molecular weight excluding hydrogens is 799 g/mol. The first kappa shape index (κ1) is 39.5. The van der Waals surface area contributed by atoms with Gasteiger partial charge in [0.25, 0.3) is 0 Å². The molecule has 12 rings (SSSR count). The van der Waals surface area contributed by atoms with Crippen LogP contribution in [0.25, 0.3) is 82.8 Å².